The third-order valence-electron chi connectivity index (χ3n) is 3.53. The summed E-state index contributed by atoms with van der Waals surface area (Å²) in [6, 6.07) is 0.409. The number of hydrogen-bond acceptors (Lipinski definition) is 4. The largest absolute Gasteiger partial charge is 0.498 e. The van der Waals surface area contributed by atoms with Gasteiger partial charge in [-0.1, -0.05) is 20.8 Å². The summed E-state index contributed by atoms with van der Waals surface area (Å²) in [6.07, 6.45) is 7.11. The van der Waals surface area contributed by atoms with E-state index < -0.39 is 0 Å². The van der Waals surface area contributed by atoms with E-state index in [4.69, 9.17) is 15.5 Å². The number of allylic oxidation sites excluding steroid dienone is 4. The van der Waals surface area contributed by atoms with Gasteiger partial charge in [0.05, 0.1) is 29.8 Å². The molecule has 0 aliphatic heterocycles. The maximum atomic E-state index is 12.0. The molecule has 2 aliphatic carbocycles. The monoisotopic (exact) mass is 306 g/mol. The highest BCUT2D eigenvalue weighted by Crippen LogP contribution is 2.29. The number of carbonyl (C=O) groups excluding carboxylic acids is 1. The summed E-state index contributed by atoms with van der Waals surface area (Å²) in [5, 5.41) is 0. The molecule has 0 aromatic heterocycles. The van der Waals surface area contributed by atoms with E-state index in [1.807, 2.05) is 33.8 Å². The van der Waals surface area contributed by atoms with E-state index in [2.05, 4.69) is 0 Å². The Labute approximate surface area is 134 Å². The maximum absolute atomic E-state index is 12.0. The van der Waals surface area contributed by atoms with Gasteiger partial charge in [0, 0.05) is 24.5 Å². The van der Waals surface area contributed by atoms with Gasteiger partial charge >= 0.3 is 0 Å². The molecule has 0 atom stereocenters. The van der Waals surface area contributed by atoms with Gasteiger partial charge in [0.1, 0.15) is 0 Å². The van der Waals surface area contributed by atoms with Crippen molar-refractivity contribution in [3.05, 3.63) is 23.1 Å². The molecule has 0 heterocycles. The minimum absolute atomic E-state index is 0.0410. The lowest BCUT2D eigenvalue weighted by Crippen LogP contribution is -2.21. The SMILES string of the molecule is CC.CCCC(=O)/C(N)=C1\CCC(OCC)=CC1=NC1CC1. The van der Waals surface area contributed by atoms with Crippen molar-refractivity contribution in [3.8, 4) is 0 Å². The number of aliphatic imine (C=N–C) groups is 1. The molecule has 0 spiro atoms. The quantitative estimate of drug-likeness (QED) is 0.757. The van der Waals surface area contributed by atoms with Gasteiger partial charge in [-0.15, -0.1) is 0 Å². The normalized spacial score (nSPS) is 21.6. The Morgan fingerprint density at radius 2 is 2.00 bits per heavy atom. The number of ether oxygens (including phenoxy) is 1. The Hall–Kier alpha value is -1.58. The summed E-state index contributed by atoms with van der Waals surface area (Å²) < 4.78 is 5.58. The molecule has 1 fully saturated rings. The molecule has 4 heteroatoms. The smallest absolute Gasteiger partial charge is 0.178 e. The average molecular weight is 306 g/mol. The third kappa shape index (κ3) is 5.32. The first kappa shape index (κ1) is 18.5. The summed E-state index contributed by atoms with van der Waals surface area (Å²) in [4.78, 5) is 16.7. The lowest BCUT2D eigenvalue weighted by atomic mass is 9.93. The zero-order valence-corrected chi connectivity index (χ0v) is 14.4. The van der Waals surface area contributed by atoms with Crippen molar-refractivity contribution in [1.29, 1.82) is 0 Å². The zero-order valence-electron chi connectivity index (χ0n) is 14.4. The molecule has 4 nitrogen and oxygen atoms in total. The summed E-state index contributed by atoms with van der Waals surface area (Å²) in [6.45, 7) is 8.62. The van der Waals surface area contributed by atoms with Gasteiger partial charge in [-0.05, 0) is 32.6 Å². The predicted octanol–water partition coefficient (Wildman–Crippen LogP) is 3.91. The number of carbonyl (C=O) groups is 1. The Bertz CT molecular complexity index is 471. The first-order chi connectivity index (χ1) is 10.7. The van der Waals surface area contributed by atoms with Crippen LogP contribution in [-0.4, -0.2) is 24.1 Å². The maximum Gasteiger partial charge on any atom is 0.178 e. The number of rotatable bonds is 6. The van der Waals surface area contributed by atoms with Gasteiger partial charge in [0.2, 0.25) is 0 Å². The van der Waals surface area contributed by atoms with Crippen LogP contribution in [0.15, 0.2) is 28.1 Å². The van der Waals surface area contributed by atoms with Gasteiger partial charge in [-0.3, -0.25) is 9.79 Å². The Kier molecular flexibility index (Phi) is 7.92. The molecular weight excluding hydrogens is 276 g/mol. The minimum atomic E-state index is 0.0410. The van der Waals surface area contributed by atoms with Crippen LogP contribution < -0.4 is 5.73 Å². The average Bonchev–Trinajstić information content (AvgIpc) is 3.33. The van der Waals surface area contributed by atoms with Gasteiger partial charge in [0.15, 0.2) is 5.78 Å². The molecule has 0 aromatic carbocycles. The van der Waals surface area contributed by atoms with E-state index in [9.17, 15) is 4.79 Å². The molecule has 2 rings (SSSR count). The van der Waals surface area contributed by atoms with E-state index >= 15 is 0 Å². The molecule has 0 saturated heterocycles. The van der Waals surface area contributed by atoms with Crippen molar-refractivity contribution in [2.75, 3.05) is 6.61 Å². The van der Waals surface area contributed by atoms with Gasteiger partial charge in [-0.25, -0.2) is 0 Å². The van der Waals surface area contributed by atoms with Crippen molar-refractivity contribution in [2.24, 2.45) is 10.7 Å². The van der Waals surface area contributed by atoms with Gasteiger partial charge < -0.3 is 10.5 Å². The third-order valence-corrected chi connectivity index (χ3v) is 3.53. The predicted molar refractivity (Wildman–Crippen MR) is 91.9 cm³/mol. The van der Waals surface area contributed by atoms with Crippen LogP contribution in [0.4, 0.5) is 0 Å². The zero-order chi connectivity index (χ0) is 16.5. The highest BCUT2D eigenvalue weighted by Gasteiger charge is 2.25. The van der Waals surface area contributed by atoms with Crippen molar-refractivity contribution in [2.45, 2.75) is 72.3 Å². The fourth-order valence-corrected chi connectivity index (χ4v) is 2.31. The molecule has 0 amide bonds. The first-order valence-electron chi connectivity index (χ1n) is 8.59. The van der Waals surface area contributed by atoms with Crippen LogP contribution in [0.25, 0.3) is 0 Å². The molecule has 22 heavy (non-hydrogen) atoms. The van der Waals surface area contributed by atoms with Gasteiger partial charge in [0.25, 0.3) is 0 Å². The summed E-state index contributed by atoms with van der Waals surface area (Å²) in [7, 11) is 0. The second-order valence-corrected chi connectivity index (χ2v) is 5.35. The summed E-state index contributed by atoms with van der Waals surface area (Å²) >= 11 is 0. The summed E-state index contributed by atoms with van der Waals surface area (Å²) in [5.74, 6) is 0.991. The van der Waals surface area contributed by atoms with E-state index in [1.165, 1.54) is 0 Å². The second-order valence-electron chi connectivity index (χ2n) is 5.35. The summed E-state index contributed by atoms with van der Waals surface area (Å²) in [5.41, 5.74) is 8.24. The van der Waals surface area contributed by atoms with Crippen molar-refractivity contribution in [1.82, 2.24) is 0 Å². The van der Waals surface area contributed by atoms with Crippen LogP contribution in [0, 0.1) is 0 Å². The molecule has 0 radical (unpaired) electrons. The van der Waals surface area contributed by atoms with Crippen molar-refractivity contribution < 1.29 is 9.53 Å². The molecule has 0 aromatic rings. The minimum Gasteiger partial charge on any atom is -0.498 e. The van der Waals surface area contributed by atoms with E-state index in [1.54, 1.807) is 0 Å². The molecule has 0 unspecified atom stereocenters. The molecule has 0 bridgehead atoms. The van der Waals surface area contributed by atoms with E-state index in [-0.39, 0.29) is 5.78 Å². The molecular formula is C18H30N2O2. The Morgan fingerprint density at radius 3 is 2.55 bits per heavy atom. The van der Waals surface area contributed by atoms with Crippen LogP contribution in [0.2, 0.25) is 0 Å². The highest BCUT2D eigenvalue weighted by atomic mass is 16.5. The molecule has 2 aliphatic rings. The van der Waals surface area contributed by atoms with Crippen LogP contribution in [0.5, 0.6) is 0 Å². The van der Waals surface area contributed by atoms with Crippen LogP contribution >= 0.6 is 0 Å². The molecule has 1 saturated carbocycles. The number of hydrogen-bond donors (Lipinski definition) is 1. The Morgan fingerprint density at radius 1 is 1.32 bits per heavy atom. The topological polar surface area (TPSA) is 64.7 Å². The van der Waals surface area contributed by atoms with Crippen LogP contribution in [0.1, 0.15) is 66.2 Å². The van der Waals surface area contributed by atoms with Gasteiger partial charge in [-0.2, -0.15) is 0 Å². The standard InChI is InChI=1S/C16H24N2O2.C2H6/c1-3-5-15(19)16(17)13-9-8-12(20-4-2)10-14(13)18-11-6-7-11;1-2/h10-11H,3-9,17H2,1-2H3;1-2H3/b16-13-,18-14?;. The number of Topliss-reactive ketones (excluding diaryl/α,β-unsaturated/α-hetero) is 1. The molecule has 124 valence electrons. The number of nitrogens with two attached hydrogens (primary N) is 1. The fraction of sp³-hybridized carbons (Fsp3) is 0.667. The Balaban J connectivity index is 0.00000116. The van der Waals surface area contributed by atoms with Crippen molar-refractivity contribution >= 4 is 11.5 Å². The fourth-order valence-electron chi connectivity index (χ4n) is 2.31. The van der Waals surface area contributed by atoms with E-state index in [0.29, 0.717) is 24.8 Å². The van der Waals surface area contributed by atoms with Crippen LogP contribution in [-0.2, 0) is 9.53 Å². The first-order valence-corrected chi connectivity index (χ1v) is 8.59. The lowest BCUT2D eigenvalue weighted by molar-refractivity contribution is -0.115. The molecule has 2 N–H and O–H groups in total. The van der Waals surface area contributed by atoms with Crippen molar-refractivity contribution in [3.63, 3.8) is 0 Å². The lowest BCUT2D eigenvalue weighted by Gasteiger charge is -2.19. The highest BCUT2D eigenvalue weighted by molar-refractivity contribution is 6.14. The van der Waals surface area contributed by atoms with Crippen LogP contribution in [0.3, 0.4) is 0 Å². The van der Waals surface area contributed by atoms with E-state index in [0.717, 1.165) is 49.1 Å². The number of ketones is 1. The number of nitrogens with zero attached hydrogens (tertiary/aromatic N) is 1. The second kappa shape index (κ2) is 9.44.